The van der Waals surface area contributed by atoms with E-state index >= 15 is 0 Å². The maximum atomic E-state index is 8.74. The molecule has 0 aromatic heterocycles. The van der Waals surface area contributed by atoms with Crippen molar-refractivity contribution in [3.63, 3.8) is 0 Å². The van der Waals surface area contributed by atoms with Gasteiger partial charge in [-0.2, -0.15) is 0 Å². The lowest BCUT2D eigenvalue weighted by atomic mass is 10.2. The van der Waals surface area contributed by atoms with Crippen LogP contribution in [-0.2, 0) is 4.89 Å². The lowest BCUT2D eigenvalue weighted by molar-refractivity contribution is -0.242. The largest absolute Gasteiger partial charge is 0.389 e. The van der Waals surface area contributed by atoms with Crippen molar-refractivity contribution in [3.05, 3.63) is 12.2 Å². The molecule has 0 saturated heterocycles. The first-order chi connectivity index (χ1) is 4.77. The zero-order valence-electron chi connectivity index (χ0n) is 6.16. The van der Waals surface area contributed by atoms with E-state index in [1.54, 1.807) is 13.0 Å². The van der Waals surface area contributed by atoms with Crippen LogP contribution in [0.3, 0.4) is 0 Å². The molecule has 3 nitrogen and oxygen atoms in total. The summed E-state index contributed by atoms with van der Waals surface area (Å²) in [5, 5.41) is 16.6. The van der Waals surface area contributed by atoms with Crippen LogP contribution in [-0.4, -0.2) is 23.1 Å². The van der Waals surface area contributed by atoms with Crippen LogP contribution in [0.4, 0.5) is 0 Å². The third-order valence-electron chi connectivity index (χ3n) is 1.02. The van der Waals surface area contributed by atoms with Crippen LogP contribution < -0.4 is 0 Å². The molecule has 2 N–H and O–H groups in total. The first-order valence-corrected chi connectivity index (χ1v) is 3.38. The zero-order valence-corrected chi connectivity index (χ0v) is 6.16. The number of aliphatic hydroxyl groups is 1. The topological polar surface area (TPSA) is 49.7 Å². The van der Waals surface area contributed by atoms with E-state index in [2.05, 4.69) is 4.89 Å². The van der Waals surface area contributed by atoms with Gasteiger partial charge in [-0.15, -0.1) is 0 Å². The molecule has 0 amide bonds. The van der Waals surface area contributed by atoms with Crippen molar-refractivity contribution in [2.24, 2.45) is 0 Å². The molecule has 0 aromatic carbocycles. The molecule has 1 unspecified atom stereocenters. The second kappa shape index (κ2) is 6.74. The summed E-state index contributed by atoms with van der Waals surface area (Å²) < 4.78 is 0. The molecular weight excluding hydrogens is 132 g/mol. The van der Waals surface area contributed by atoms with E-state index in [-0.39, 0.29) is 6.10 Å². The summed E-state index contributed by atoms with van der Waals surface area (Å²) in [7, 11) is 0. The first-order valence-electron chi connectivity index (χ1n) is 3.38. The van der Waals surface area contributed by atoms with E-state index in [9.17, 15) is 0 Å². The van der Waals surface area contributed by atoms with Crippen LogP contribution >= 0.6 is 0 Å². The van der Waals surface area contributed by atoms with Gasteiger partial charge >= 0.3 is 0 Å². The van der Waals surface area contributed by atoms with Crippen LogP contribution in [0, 0.1) is 0 Å². The van der Waals surface area contributed by atoms with Crippen LogP contribution in [0.25, 0.3) is 0 Å². The fourth-order valence-electron chi connectivity index (χ4n) is 0.559. The Morgan fingerprint density at radius 1 is 1.60 bits per heavy atom. The lowest BCUT2D eigenvalue weighted by Crippen LogP contribution is -1.92. The van der Waals surface area contributed by atoms with Crippen molar-refractivity contribution in [1.29, 1.82) is 0 Å². The SMILES string of the molecule is CC(O)C=CCCCOO. The van der Waals surface area contributed by atoms with Gasteiger partial charge in [-0.3, -0.25) is 5.26 Å². The van der Waals surface area contributed by atoms with Gasteiger partial charge in [-0.25, -0.2) is 4.89 Å². The summed E-state index contributed by atoms with van der Waals surface area (Å²) in [5.41, 5.74) is 0. The Labute approximate surface area is 60.9 Å². The van der Waals surface area contributed by atoms with Crippen molar-refractivity contribution >= 4 is 0 Å². The van der Waals surface area contributed by atoms with Crippen molar-refractivity contribution in [2.45, 2.75) is 25.9 Å². The average molecular weight is 146 g/mol. The third kappa shape index (κ3) is 7.62. The summed E-state index contributed by atoms with van der Waals surface area (Å²) in [6.07, 6.45) is 4.79. The van der Waals surface area contributed by atoms with Gasteiger partial charge in [0.2, 0.25) is 0 Å². The first kappa shape index (κ1) is 9.62. The van der Waals surface area contributed by atoms with E-state index in [0.29, 0.717) is 6.61 Å². The highest BCUT2D eigenvalue weighted by atomic mass is 17.1. The Hall–Kier alpha value is -0.380. The lowest BCUT2D eigenvalue weighted by Gasteiger charge is -1.93. The highest BCUT2D eigenvalue weighted by Crippen LogP contribution is 1.92. The maximum absolute atomic E-state index is 8.74. The van der Waals surface area contributed by atoms with Gasteiger partial charge in [0.1, 0.15) is 0 Å². The van der Waals surface area contributed by atoms with Crippen LogP contribution in [0.5, 0.6) is 0 Å². The minimum atomic E-state index is -0.380. The number of hydrogen-bond acceptors (Lipinski definition) is 3. The fraction of sp³-hybridized carbons (Fsp3) is 0.714. The number of allylic oxidation sites excluding steroid dienone is 1. The third-order valence-corrected chi connectivity index (χ3v) is 1.02. The zero-order chi connectivity index (χ0) is 7.82. The molecule has 0 saturated carbocycles. The Morgan fingerprint density at radius 3 is 2.80 bits per heavy atom. The van der Waals surface area contributed by atoms with E-state index < -0.39 is 0 Å². The minimum Gasteiger partial charge on any atom is -0.389 e. The molecule has 60 valence electrons. The molecule has 0 spiro atoms. The van der Waals surface area contributed by atoms with Crippen LogP contribution in [0.1, 0.15) is 19.8 Å². The number of unbranched alkanes of at least 4 members (excludes halogenated alkanes) is 1. The van der Waals surface area contributed by atoms with Gasteiger partial charge in [-0.1, -0.05) is 12.2 Å². The summed E-state index contributed by atoms with van der Waals surface area (Å²) in [6, 6.07) is 0. The van der Waals surface area contributed by atoms with E-state index in [4.69, 9.17) is 10.4 Å². The standard InChI is InChI=1S/C7H14O3/c1-7(8)5-3-2-4-6-10-9/h3,5,7-9H,2,4,6H2,1H3. The summed E-state index contributed by atoms with van der Waals surface area (Å²) in [4.78, 5) is 3.85. The van der Waals surface area contributed by atoms with E-state index in [0.717, 1.165) is 12.8 Å². The highest BCUT2D eigenvalue weighted by molar-refractivity contribution is 4.85. The van der Waals surface area contributed by atoms with E-state index in [1.807, 2.05) is 6.08 Å². The van der Waals surface area contributed by atoms with E-state index in [1.165, 1.54) is 0 Å². The van der Waals surface area contributed by atoms with Gasteiger partial charge in [0.05, 0.1) is 12.7 Å². The second-order valence-electron chi connectivity index (χ2n) is 2.14. The molecule has 0 aliphatic rings. The van der Waals surface area contributed by atoms with Crippen LogP contribution in [0.15, 0.2) is 12.2 Å². The van der Waals surface area contributed by atoms with Gasteiger partial charge in [0, 0.05) is 0 Å². The van der Waals surface area contributed by atoms with Crippen LogP contribution in [0.2, 0.25) is 0 Å². The molecule has 0 aromatic rings. The molecule has 0 aliphatic carbocycles. The minimum absolute atomic E-state index is 0.351. The van der Waals surface area contributed by atoms with Crippen molar-refractivity contribution in [1.82, 2.24) is 0 Å². The maximum Gasteiger partial charge on any atom is 0.0822 e. The average Bonchev–Trinajstić information content (AvgIpc) is 1.87. The Kier molecular flexibility index (Phi) is 6.48. The van der Waals surface area contributed by atoms with Crippen molar-refractivity contribution < 1.29 is 15.3 Å². The molecule has 0 rings (SSSR count). The van der Waals surface area contributed by atoms with Gasteiger partial charge in [0.15, 0.2) is 0 Å². The number of aliphatic hydroxyl groups excluding tert-OH is 1. The molecule has 0 bridgehead atoms. The number of hydrogen-bond donors (Lipinski definition) is 2. The molecule has 0 fully saturated rings. The van der Waals surface area contributed by atoms with Crippen molar-refractivity contribution in [3.8, 4) is 0 Å². The smallest absolute Gasteiger partial charge is 0.0822 e. The van der Waals surface area contributed by atoms with Gasteiger partial charge < -0.3 is 5.11 Å². The van der Waals surface area contributed by atoms with Gasteiger partial charge in [0.25, 0.3) is 0 Å². The molecule has 3 heteroatoms. The van der Waals surface area contributed by atoms with Gasteiger partial charge in [-0.05, 0) is 19.8 Å². The predicted octanol–water partition coefficient (Wildman–Crippen LogP) is 1.19. The molecule has 0 aliphatic heterocycles. The summed E-state index contributed by atoms with van der Waals surface area (Å²) in [6.45, 7) is 2.04. The Bertz CT molecular complexity index is 88.9. The quantitative estimate of drug-likeness (QED) is 0.265. The Balaban J connectivity index is 3.02. The fourth-order valence-corrected chi connectivity index (χ4v) is 0.559. The predicted molar refractivity (Wildman–Crippen MR) is 38.6 cm³/mol. The normalized spacial score (nSPS) is 14.3. The highest BCUT2D eigenvalue weighted by Gasteiger charge is 1.85. The Morgan fingerprint density at radius 2 is 2.30 bits per heavy atom. The molecule has 0 radical (unpaired) electrons. The second-order valence-corrected chi connectivity index (χ2v) is 2.14. The number of rotatable bonds is 5. The van der Waals surface area contributed by atoms with Crippen molar-refractivity contribution in [2.75, 3.05) is 6.61 Å². The molecule has 10 heavy (non-hydrogen) atoms. The molecular formula is C7H14O3. The molecule has 1 atom stereocenters. The summed E-state index contributed by atoms with van der Waals surface area (Å²) >= 11 is 0. The molecule has 0 heterocycles. The monoisotopic (exact) mass is 146 g/mol. The summed E-state index contributed by atoms with van der Waals surface area (Å²) in [5.74, 6) is 0.